The summed E-state index contributed by atoms with van der Waals surface area (Å²) in [4.78, 5) is 10.6. The van der Waals surface area contributed by atoms with E-state index >= 15 is 0 Å². The number of aromatic nitrogens is 2. The molecule has 1 atom stereocenters. The third kappa shape index (κ3) is 3.76. The summed E-state index contributed by atoms with van der Waals surface area (Å²) in [5.41, 5.74) is 0.817. The predicted molar refractivity (Wildman–Crippen MR) is 93.8 cm³/mol. The van der Waals surface area contributed by atoms with Gasteiger partial charge in [0.25, 0.3) is 0 Å². The molecular formula is C16H20N4O3S. The van der Waals surface area contributed by atoms with Crippen LogP contribution in [0.1, 0.15) is 6.42 Å². The minimum atomic E-state index is -2.93. The second kappa shape index (κ2) is 6.64. The molecule has 0 aliphatic carbocycles. The average Bonchev–Trinajstić information content (AvgIpc) is 2.94. The highest BCUT2D eigenvalue weighted by atomic mass is 32.2. The number of hydrogen-bond donors (Lipinski definition) is 1. The zero-order chi connectivity index (χ0) is 17.2. The van der Waals surface area contributed by atoms with Crippen molar-refractivity contribution in [3.05, 3.63) is 36.5 Å². The average molecular weight is 348 g/mol. The van der Waals surface area contributed by atoms with E-state index in [2.05, 4.69) is 15.3 Å². The second-order valence-corrected chi connectivity index (χ2v) is 7.99. The summed E-state index contributed by atoms with van der Waals surface area (Å²) in [6, 6.07) is 9.21. The number of ether oxygens (including phenoxy) is 1. The fraction of sp³-hybridized carbons (Fsp3) is 0.375. The van der Waals surface area contributed by atoms with E-state index in [0.29, 0.717) is 18.2 Å². The molecule has 8 heteroatoms. The van der Waals surface area contributed by atoms with Gasteiger partial charge >= 0.3 is 0 Å². The Morgan fingerprint density at radius 3 is 2.88 bits per heavy atom. The van der Waals surface area contributed by atoms with Crippen LogP contribution in [0.5, 0.6) is 5.75 Å². The quantitative estimate of drug-likeness (QED) is 0.882. The van der Waals surface area contributed by atoms with Crippen LogP contribution < -0.4 is 15.0 Å². The molecule has 1 unspecified atom stereocenters. The van der Waals surface area contributed by atoms with Gasteiger partial charge in [0, 0.05) is 31.0 Å². The van der Waals surface area contributed by atoms with E-state index in [9.17, 15) is 8.42 Å². The Labute approximate surface area is 141 Å². The van der Waals surface area contributed by atoms with E-state index in [-0.39, 0.29) is 17.5 Å². The zero-order valence-electron chi connectivity index (χ0n) is 13.6. The Morgan fingerprint density at radius 2 is 2.17 bits per heavy atom. The Bertz CT molecular complexity index is 826. The molecule has 1 aliphatic heterocycles. The van der Waals surface area contributed by atoms with E-state index in [4.69, 9.17) is 4.74 Å². The molecule has 3 rings (SSSR count). The van der Waals surface area contributed by atoms with Gasteiger partial charge in [-0.15, -0.1) is 0 Å². The summed E-state index contributed by atoms with van der Waals surface area (Å²) in [5, 5.41) is 3.13. The standard InChI is InChI=1S/C16H20N4O3S/c1-20(13-7-9-24(21,22)11-13)15-6-8-17-16(19-15)18-12-4-3-5-14(10-12)23-2/h3-6,8,10,13H,7,9,11H2,1-2H3,(H,17,18,19). The second-order valence-electron chi connectivity index (χ2n) is 5.76. The molecule has 1 aliphatic rings. The summed E-state index contributed by atoms with van der Waals surface area (Å²) < 4.78 is 28.5. The van der Waals surface area contributed by atoms with Crippen LogP contribution in [-0.2, 0) is 9.84 Å². The Kier molecular flexibility index (Phi) is 4.57. The first-order valence-corrected chi connectivity index (χ1v) is 9.46. The smallest absolute Gasteiger partial charge is 0.229 e. The first-order chi connectivity index (χ1) is 11.5. The SMILES string of the molecule is COc1cccc(Nc2nccc(N(C)C3CCS(=O)(=O)C3)n2)c1. The van der Waals surface area contributed by atoms with Gasteiger partial charge in [-0.25, -0.2) is 13.4 Å². The summed E-state index contributed by atoms with van der Waals surface area (Å²) in [6.45, 7) is 0. The molecule has 0 radical (unpaired) electrons. The van der Waals surface area contributed by atoms with Crippen LogP contribution in [0.15, 0.2) is 36.5 Å². The minimum absolute atomic E-state index is 0.0467. The maximum absolute atomic E-state index is 11.7. The number of hydrogen-bond acceptors (Lipinski definition) is 7. The number of benzene rings is 1. The van der Waals surface area contributed by atoms with Gasteiger partial charge in [0.1, 0.15) is 11.6 Å². The number of nitrogens with one attached hydrogen (secondary N) is 1. The molecule has 128 valence electrons. The van der Waals surface area contributed by atoms with Gasteiger partial charge in [-0.05, 0) is 24.6 Å². The molecule has 0 saturated carbocycles. The summed E-state index contributed by atoms with van der Waals surface area (Å²) in [5.74, 6) is 2.30. The predicted octanol–water partition coefficient (Wildman–Crippen LogP) is 1.85. The molecule has 24 heavy (non-hydrogen) atoms. The number of sulfone groups is 1. The van der Waals surface area contributed by atoms with Crippen molar-refractivity contribution in [1.82, 2.24) is 9.97 Å². The summed E-state index contributed by atoms with van der Waals surface area (Å²) in [7, 11) is 0.547. The minimum Gasteiger partial charge on any atom is -0.497 e. The maximum Gasteiger partial charge on any atom is 0.229 e. The Balaban J connectivity index is 1.76. The molecule has 1 N–H and O–H groups in total. The van der Waals surface area contributed by atoms with Gasteiger partial charge in [-0.3, -0.25) is 0 Å². The lowest BCUT2D eigenvalue weighted by Gasteiger charge is -2.24. The first kappa shape index (κ1) is 16.5. The number of nitrogens with zero attached hydrogens (tertiary/aromatic N) is 3. The molecule has 0 amide bonds. The van der Waals surface area contributed by atoms with Crippen molar-refractivity contribution in [2.24, 2.45) is 0 Å². The molecule has 7 nitrogen and oxygen atoms in total. The lowest BCUT2D eigenvalue weighted by molar-refractivity contribution is 0.415. The normalized spacial score (nSPS) is 19.0. The summed E-state index contributed by atoms with van der Waals surface area (Å²) in [6.07, 6.45) is 2.28. The number of methoxy groups -OCH3 is 1. The first-order valence-electron chi connectivity index (χ1n) is 7.64. The van der Waals surface area contributed by atoms with Crippen molar-refractivity contribution < 1.29 is 13.2 Å². The van der Waals surface area contributed by atoms with Crippen molar-refractivity contribution >= 4 is 27.3 Å². The van der Waals surface area contributed by atoms with Crippen molar-refractivity contribution in [2.75, 3.05) is 35.9 Å². The summed E-state index contributed by atoms with van der Waals surface area (Å²) >= 11 is 0. The van der Waals surface area contributed by atoms with Crippen LogP contribution in [0.3, 0.4) is 0 Å². The Hall–Kier alpha value is -2.35. The molecule has 2 aromatic rings. The monoisotopic (exact) mass is 348 g/mol. The van der Waals surface area contributed by atoms with Crippen LogP contribution in [0.4, 0.5) is 17.5 Å². The highest BCUT2D eigenvalue weighted by molar-refractivity contribution is 7.91. The third-order valence-electron chi connectivity index (χ3n) is 4.08. The third-order valence-corrected chi connectivity index (χ3v) is 5.83. The lowest BCUT2D eigenvalue weighted by Crippen LogP contribution is -2.33. The molecule has 1 saturated heterocycles. The van der Waals surface area contributed by atoms with Crippen LogP contribution in [-0.4, -0.2) is 50.1 Å². The van der Waals surface area contributed by atoms with Gasteiger partial charge in [0.2, 0.25) is 5.95 Å². The zero-order valence-corrected chi connectivity index (χ0v) is 14.5. The molecule has 1 fully saturated rings. The van der Waals surface area contributed by atoms with Crippen molar-refractivity contribution in [1.29, 1.82) is 0 Å². The van der Waals surface area contributed by atoms with Gasteiger partial charge in [0.15, 0.2) is 9.84 Å². The van der Waals surface area contributed by atoms with Crippen LogP contribution in [0.2, 0.25) is 0 Å². The number of anilines is 3. The van der Waals surface area contributed by atoms with Crippen molar-refractivity contribution in [3.8, 4) is 5.75 Å². The van der Waals surface area contributed by atoms with Gasteiger partial charge in [-0.1, -0.05) is 6.07 Å². The fourth-order valence-electron chi connectivity index (χ4n) is 2.70. The molecule has 1 aromatic carbocycles. The lowest BCUT2D eigenvalue weighted by atomic mass is 10.2. The van der Waals surface area contributed by atoms with E-state index in [1.807, 2.05) is 36.2 Å². The van der Waals surface area contributed by atoms with Crippen molar-refractivity contribution in [2.45, 2.75) is 12.5 Å². The Morgan fingerprint density at radius 1 is 1.33 bits per heavy atom. The van der Waals surface area contributed by atoms with Crippen LogP contribution >= 0.6 is 0 Å². The highest BCUT2D eigenvalue weighted by Crippen LogP contribution is 2.23. The van der Waals surface area contributed by atoms with E-state index in [1.54, 1.807) is 19.4 Å². The van der Waals surface area contributed by atoms with Gasteiger partial charge in [-0.2, -0.15) is 4.98 Å². The maximum atomic E-state index is 11.7. The highest BCUT2D eigenvalue weighted by Gasteiger charge is 2.31. The molecule has 0 bridgehead atoms. The molecule has 0 spiro atoms. The van der Waals surface area contributed by atoms with E-state index in [0.717, 1.165) is 11.4 Å². The van der Waals surface area contributed by atoms with E-state index in [1.165, 1.54) is 0 Å². The van der Waals surface area contributed by atoms with Crippen LogP contribution in [0.25, 0.3) is 0 Å². The largest absolute Gasteiger partial charge is 0.497 e. The topological polar surface area (TPSA) is 84.4 Å². The van der Waals surface area contributed by atoms with E-state index < -0.39 is 9.84 Å². The fourth-order valence-corrected chi connectivity index (χ4v) is 4.48. The van der Waals surface area contributed by atoms with Gasteiger partial charge in [0.05, 0.1) is 18.6 Å². The number of rotatable bonds is 5. The van der Waals surface area contributed by atoms with Crippen LogP contribution in [0, 0.1) is 0 Å². The molecule has 2 heterocycles. The molecule has 1 aromatic heterocycles. The van der Waals surface area contributed by atoms with Crippen molar-refractivity contribution in [3.63, 3.8) is 0 Å². The van der Waals surface area contributed by atoms with Gasteiger partial charge < -0.3 is 15.0 Å². The molecular weight excluding hydrogens is 328 g/mol.